The summed E-state index contributed by atoms with van der Waals surface area (Å²) in [6, 6.07) is 4.31. The van der Waals surface area contributed by atoms with Crippen molar-refractivity contribution in [2.75, 3.05) is 31.1 Å². The number of rotatable bonds is 2. The van der Waals surface area contributed by atoms with Crippen LogP contribution in [0, 0.1) is 5.92 Å². The summed E-state index contributed by atoms with van der Waals surface area (Å²) in [6.45, 7) is 3.32. The largest absolute Gasteiger partial charge is 0.353 e. The highest BCUT2D eigenvalue weighted by Gasteiger charge is 2.42. The van der Waals surface area contributed by atoms with E-state index in [4.69, 9.17) is 0 Å². The maximum absolute atomic E-state index is 13.0. The maximum Gasteiger partial charge on any atom is 0.241 e. The van der Waals surface area contributed by atoms with E-state index in [0.29, 0.717) is 12.0 Å². The molecule has 2 N–H and O–H groups in total. The van der Waals surface area contributed by atoms with Crippen molar-refractivity contribution in [1.29, 1.82) is 0 Å². The Hall–Kier alpha value is -1.73. The van der Waals surface area contributed by atoms with Crippen molar-refractivity contribution < 1.29 is 4.79 Å². The normalized spacial score (nSPS) is 30.8. The number of aromatic nitrogens is 2. The molecule has 0 spiro atoms. The second-order valence-corrected chi connectivity index (χ2v) is 7.07. The first-order valence-electron chi connectivity index (χ1n) is 9.15. The second kappa shape index (κ2) is 7.03. The lowest BCUT2D eigenvalue weighted by Gasteiger charge is -2.30. The predicted octanol–water partition coefficient (Wildman–Crippen LogP) is 0.550. The lowest BCUT2D eigenvalue weighted by atomic mass is 9.81. The van der Waals surface area contributed by atoms with Crippen LogP contribution in [0.2, 0.25) is 0 Å². The first kappa shape index (κ1) is 15.8. The summed E-state index contributed by atoms with van der Waals surface area (Å²) in [6.07, 6.45) is 7.51. The fourth-order valence-corrected chi connectivity index (χ4v) is 4.31. The Morgan fingerprint density at radius 3 is 2.88 bits per heavy atom. The van der Waals surface area contributed by atoms with Crippen molar-refractivity contribution in [3.8, 4) is 0 Å². The Morgan fingerprint density at radius 1 is 1.08 bits per heavy atom. The van der Waals surface area contributed by atoms with Crippen LogP contribution in [0.5, 0.6) is 0 Å². The summed E-state index contributed by atoms with van der Waals surface area (Å²) >= 11 is 0. The lowest BCUT2D eigenvalue weighted by Crippen LogP contribution is -2.49. The Bertz CT molecular complexity index is 567. The van der Waals surface area contributed by atoms with Crippen LogP contribution < -0.4 is 15.8 Å². The summed E-state index contributed by atoms with van der Waals surface area (Å²) in [4.78, 5) is 17.3. The fourth-order valence-electron chi connectivity index (χ4n) is 4.31. The molecular weight excluding hydrogens is 304 g/mol. The molecule has 3 aliphatic rings. The van der Waals surface area contributed by atoms with E-state index in [2.05, 4.69) is 25.9 Å². The van der Waals surface area contributed by atoms with E-state index in [1.54, 1.807) is 6.20 Å². The van der Waals surface area contributed by atoms with Crippen LogP contribution in [0.25, 0.3) is 0 Å². The molecule has 24 heavy (non-hydrogen) atoms. The van der Waals surface area contributed by atoms with Crippen molar-refractivity contribution >= 4 is 11.7 Å². The highest BCUT2D eigenvalue weighted by molar-refractivity contribution is 5.82. The number of fused-ring (bicyclic) bond motifs is 1. The zero-order chi connectivity index (χ0) is 16.4. The van der Waals surface area contributed by atoms with Gasteiger partial charge in [0.1, 0.15) is 6.04 Å². The third-order valence-corrected chi connectivity index (χ3v) is 5.63. The van der Waals surface area contributed by atoms with Gasteiger partial charge in [-0.2, -0.15) is 5.10 Å². The monoisotopic (exact) mass is 330 g/mol. The molecule has 3 fully saturated rings. The molecule has 0 radical (unpaired) electrons. The quantitative estimate of drug-likeness (QED) is 0.825. The van der Waals surface area contributed by atoms with Crippen LogP contribution in [-0.2, 0) is 4.79 Å². The molecule has 1 aromatic heterocycles. The molecule has 1 saturated carbocycles. The molecule has 1 aliphatic carbocycles. The van der Waals surface area contributed by atoms with Gasteiger partial charge < -0.3 is 9.80 Å². The van der Waals surface area contributed by atoms with Crippen LogP contribution in [0.4, 0.5) is 5.82 Å². The Labute approximate surface area is 142 Å². The highest BCUT2D eigenvalue weighted by Crippen LogP contribution is 2.31. The molecular formula is C17H26N6O. The first-order valence-corrected chi connectivity index (χ1v) is 9.15. The number of hydrogen-bond acceptors (Lipinski definition) is 6. The van der Waals surface area contributed by atoms with Gasteiger partial charge >= 0.3 is 0 Å². The second-order valence-electron chi connectivity index (χ2n) is 7.07. The lowest BCUT2D eigenvalue weighted by molar-refractivity contribution is -0.134. The van der Waals surface area contributed by atoms with Crippen LogP contribution in [0.1, 0.15) is 32.1 Å². The first-order chi connectivity index (χ1) is 11.8. The smallest absolute Gasteiger partial charge is 0.241 e. The molecule has 7 heteroatoms. The van der Waals surface area contributed by atoms with Crippen LogP contribution in [0.3, 0.4) is 0 Å². The molecule has 2 aliphatic heterocycles. The molecule has 0 aromatic carbocycles. The van der Waals surface area contributed by atoms with E-state index >= 15 is 0 Å². The Morgan fingerprint density at radius 2 is 2.00 bits per heavy atom. The van der Waals surface area contributed by atoms with Gasteiger partial charge in [0.15, 0.2) is 5.82 Å². The number of amides is 1. The van der Waals surface area contributed by atoms with Gasteiger partial charge in [0.2, 0.25) is 5.91 Å². The van der Waals surface area contributed by atoms with Gasteiger partial charge in [-0.3, -0.25) is 10.2 Å². The van der Waals surface area contributed by atoms with Crippen LogP contribution in [0.15, 0.2) is 18.3 Å². The minimum Gasteiger partial charge on any atom is -0.353 e. The number of nitrogens with zero attached hydrogens (tertiary/aromatic N) is 4. The van der Waals surface area contributed by atoms with Gasteiger partial charge in [0, 0.05) is 44.3 Å². The molecule has 3 heterocycles. The molecule has 1 aromatic rings. The molecule has 130 valence electrons. The Balaban J connectivity index is 1.39. The molecule has 2 saturated heterocycles. The minimum atomic E-state index is -0.0571. The summed E-state index contributed by atoms with van der Waals surface area (Å²) in [5.74, 6) is 1.61. The molecule has 3 atom stereocenters. The van der Waals surface area contributed by atoms with E-state index < -0.39 is 0 Å². The summed E-state index contributed by atoms with van der Waals surface area (Å²) in [5.41, 5.74) is 6.63. The van der Waals surface area contributed by atoms with Crippen molar-refractivity contribution in [3.63, 3.8) is 0 Å². The predicted molar refractivity (Wildman–Crippen MR) is 91.2 cm³/mol. The summed E-state index contributed by atoms with van der Waals surface area (Å²) in [7, 11) is 0. The standard InChI is InChI=1S/C17H26N6O/c24-17(16-13-5-1-2-6-14(13)19-21-16)23-10-4-9-22(11-12-23)15-7-3-8-18-20-15/h3,7-8,13-14,16,19,21H,1-2,4-6,9-12H2. The van der Waals surface area contributed by atoms with E-state index in [1.165, 1.54) is 19.3 Å². The number of nitrogens with one attached hydrogen (secondary N) is 2. The van der Waals surface area contributed by atoms with E-state index in [-0.39, 0.29) is 11.9 Å². The number of carbonyl (C=O) groups is 1. The van der Waals surface area contributed by atoms with E-state index in [1.807, 2.05) is 17.0 Å². The molecule has 1 amide bonds. The summed E-state index contributed by atoms with van der Waals surface area (Å²) in [5, 5.41) is 8.16. The van der Waals surface area contributed by atoms with Crippen LogP contribution >= 0.6 is 0 Å². The third-order valence-electron chi connectivity index (χ3n) is 5.63. The number of anilines is 1. The zero-order valence-electron chi connectivity index (χ0n) is 14.0. The van der Waals surface area contributed by atoms with Gasteiger partial charge in [0.05, 0.1) is 0 Å². The van der Waals surface area contributed by atoms with Crippen molar-refractivity contribution in [3.05, 3.63) is 18.3 Å². The fraction of sp³-hybridized carbons (Fsp3) is 0.706. The van der Waals surface area contributed by atoms with Gasteiger partial charge in [-0.05, 0) is 31.4 Å². The molecule has 0 bridgehead atoms. The van der Waals surface area contributed by atoms with Gasteiger partial charge in [-0.15, -0.1) is 5.10 Å². The maximum atomic E-state index is 13.0. The Kier molecular flexibility index (Phi) is 4.62. The summed E-state index contributed by atoms with van der Waals surface area (Å²) < 4.78 is 0. The number of hydrazine groups is 1. The van der Waals surface area contributed by atoms with Crippen molar-refractivity contribution in [1.82, 2.24) is 25.9 Å². The molecule has 4 rings (SSSR count). The van der Waals surface area contributed by atoms with E-state index in [9.17, 15) is 4.79 Å². The SMILES string of the molecule is O=C(C1NNC2CCCCC21)N1CCCN(c2cccnn2)CC1. The zero-order valence-corrected chi connectivity index (χ0v) is 14.0. The van der Waals surface area contributed by atoms with E-state index in [0.717, 1.165) is 44.8 Å². The molecule has 7 nitrogen and oxygen atoms in total. The topological polar surface area (TPSA) is 73.4 Å². The van der Waals surface area contributed by atoms with Gasteiger partial charge in [-0.1, -0.05) is 12.8 Å². The third kappa shape index (κ3) is 3.10. The molecule has 3 unspecified atom stereocenters. The van der Waals surface area contributed by atoms with Crippen molar-refractivity contribution in [2.45, 2.75) is 44.2 Å². The number of carbonyl (C=O) groups excluding carboxylic acids is 1. The number of hydrogen-bond donors (Lipinski definition) is 2. The average molecular weight is 330 g/mol. The van der Waals surface area contributed by atoms with Crippen LogP contribution in [-0.4, -0.2) is 59.3 Å². The van der Waals surface area contributed by atoms with Gasteiger partial charge in [-0.25, -0.2) is 5.43 Å². The van der Waals surface area contributed by atoms with Gasteiger partial charge in [0.25, 0.3) is 0 Å². The van der Waals surface area contributed by atoms with Crippen molar-refractivity contribution in [2.24, 2.45) is 5.92 Å². The highest BCUT2D eigenvalue weighted by atomic mass is 16.2. The minimum absolute atomic E-state index is 0.0571. The average Bonchev–Trinajstić information content (AvgIpc) is 2.91.